The highest BCUT2D eigenvalue weighted by Gasteiger charge is 2.26. The fourth-order valence-corrected chi connectivity index (χ4v) is 2.62. The summed E-state index contributed by atoms with van der Waals surface area (Å²) in [6.07, 6.45) is 1.12. The lowest BCUT2D eigenvalue weighted by atomic mass is 10.1. The maximum Gasteiger partial charge on any atom is 0.276 e. The minimum absolute atomic E-state index is 0.0633. The van der Waals surface area contributed by atoms with E-state index in [-0.39, 0.29) is 5.91 Å². The number of nitrogens with zero attached hydrogens (tertiary/aromatic N) is 4. The quantitative estimate of drug-likeness (QED) is 0.803. The molecule has 0 bridgehead atoms. The molecule has 0 saturated carbocycles. The first-order chi connectivity index (χ1) is 9.61. The van der Waals surface area contributed by atoms with Gasteiger partial charge in [-0.15, -0.1) is 0 Å². The molecule has 0 aliphatic carbocycles. The van der Waals surface area contributed by atoms with Crippen molar-refractivity contribution < 1.29 is 9.53 Å². The highest BCUT2D eigenvalue weighted by molar-refractivity contribution is 5.92. The maximum atomic E-state index is 12.2. The Hall–Kier alpha value is -1.47. The Morgan fingerprint density at radius 2 is 2.35 bits per heavy atom. The van der Waals surface area contributed by atoms with Gasteiger partial charge in [0.2, 0.25) is 0 Å². The molecule has 1 fully saturated rings. The van der Waals surface area contributed by atoms with Gasteiger partial charge in [0.1, 0.15) is 0 Å². The first kappa shape index (κ1) is 14.9. The molecule has 1 aromatic heterocycles. The van der Waals surface area contributed by atoms with Crippen LogP contribution in [0.5, 0.6) is 0 Å². The largest absolute Gasteiger partial charge is 0.383 e. The lowest BCUT2D eigenvalue weighted by Crippen LogP contribution is -2.34. The summed E-state index contributed by atoms with van der Waals surface area (Å²) < 4.78 is 5.10. The third-order valence-electron chi connectivity index (χ3n) is 3.79. The van der Waals surface area contributed by atoms with E-state index in [9.17, 15) is 4.79 Å². The van der Waals surface area contributed by atoms with E-state index in [0.29, 0.717) is 17.3 Å². The van der Waals surface area contributed by atoms with Crippen LogP contribution in [0, 0.1) is 12.8 Å². The smallest absolute Gasteiger partial charge is 0.276 e. The molecule has 1 N–H and O–H groups in total. The summed E-state index contributed by atoms with van der Waals surface area (Å²) in [5.41, 5.74) is 1.07. The zero-order valence-corrected chi connectivity index (χ0v) is 12.4. The molecule has 1 atom stereocenters. The van der Waals surface area contributed by atoms with Crippen molar-refractivity contribution in [3.8, 4) is 0 Å². The molecular formula is C13H23N5O2. The second-order valence-corrected chi connectivity index (χ2v) is 5.39. The molecule has 7 heteroatoms. The fraction of sp³-hybridized carbons (Fsp3) is 0.769. The SMILES string of the molecule is COCCN1CCC(CN(C)C(=O)c2n[nH]nc2C)C1. The summed E-state index contributed by atoms with van der Waals surface area (Å²) in [6, 6.07) is 0. The molecule has 0 aromatic carbocycles. The van der Waals surface area contributed by atoms with E-state index < -0.39 is 0 Å². The van der Waals surface area contributed by atoms with Crippen LogP contribution in [0.2, 0.25) is 0 Å². The summed E-state index contributed by atoms with van der Waals surface area (Å²) in [5.74, 6) is 0.458. The first-order valence-electron chi connectivity index (χ1n) is 6.96. The third kappa shape index (κ3) is 3.55. The summed E-state index contributed by atoms with van der Waals surface area (Å²) in [4.78, 5) is 16.4. The number of methoxy groups -OCH3 is 1. The normalized spacial score (nSPS) is 19.4. The monoisotopic (exact) mass is 281 g/mol. The first-order valence-corrected chi connectivity index (χ1v) is 6.96. The molecule has 7 nitrogen and oxygen atoms in total. The minimum atomic E-state index is -0.0633. The Morgan fingerprint density at radius 1 is 1.55 bits per heavy atom. The van der Waals surface area contributed by atoms with Gasteiger partial charge in [-0.3, -0.25) is 4.79 Å². The van der Waals surface area contributed by atoms with Crippen LogP contribution in [0.25, 0.3) is 0 Å². The number of aromatic amines is 1. The molecule has 2 heterocycles. The van der Waals surface area contributed by atoms with Gasteiger partial charge in [-0.2, -0.15) is 15.4 Å². The van der Waals surface area contributed by atoms with Crippen molar-refractivity contribution in [2.75, 3.05) is 46.9 Å². The number of aromatic nitrogens is 3. The lowest BCUT2D eigenvalue weighted by Gasteiger charge is -2.21. The van der Waals surface area contributed by atoms with Crippen LogP contribution in [0.3, 0.4) is 0 Å². The lowest BCUT2D eigenvalue weighted by molar-refractivity contribution is 0.0765. The van der Waals surface area contributed by atoms with E-state index in [1.165, 1.54) is 0 Å². The van der Waals surface area contributed by atoms with Crippen molar-refractivity contribution in [2.45, 2.75) is 13.3 Å². The molecule has 1 aliphatic heterocycles. The second-order valence-electron chi connectivity index (χ2n) is 5.39. The van der Waals surface area contributed by atoms with E-state index in [4.69, 9.17) is 4.74 Å². The predicted octanol–water partition coefficient (Wildman–Crippen LogP) is 0.153. The zero-order chi connectivity index (χ0) is 14.5. The number of aryl methyl sites for hydroxylation is 1. The van der Waals surface area contributed by atoms with Crippen molar-refractivity contribution in [1.82, 2.24) is 25.2 Å². The molecule has 1 saturated heterocycles. The third-order valence-corrected chi connectivity index (χ3v) is 3.79. The van der Waals surface area contributed by atoms with E-state index in [1.807, 2.05) is 7.05 Å². The highest BCUT2D eigenvalue weighted by atomic mass is 16.5. The molecule has 0 radical (unpaired) electrons. The van der Waals surface area contributed by atoms with E-state index in [0.717, 1.165) is 39.2 Å². The van der Waals surface area contributed by atoms with Gasteiger partial charge < -0.3 is 14.5 Å². The average molecular weight is 281 g/mol. The number of amides is 1. The van der Waals surface area contributed by atoms with Crippen molar-refractivity contribution in [3.63, 3.8) is 0 Å². The summed E-state index contributed by atoms with van der Waals surface area (Å²) in [7, 11) is 3.55. The molecule has 1 aliphatic rings. The van der Waals surface area contributed by atoms with Gasteiger partial charge >= 0.3 is 0 Å². The molecule has 1 amide bonds. The minimum Gasteiger partial charge on any atom is -0.383 e. The van der Waals surface area contributed by atoms with Crippen LogP contribution in [0.4, 0.5) is 0 Å². The van der Waals surface area contributed by atoms with Crippen LogP contribution in [0.15, 0.2) is 0 Å². The highest BCUT2D eigenvalue weighted by Crippen LogP contribution is 2.17. The number of carbonyl (C=O) groups is 1. The summed E-state index contributed by atoms with van der Waals surface area (Å²) in [6.45, 7) is 6.38. The molecule has 1 aromatic rings. The number of nitrogens with one attached hydrogen (secondary N) is 1. The Morgan fingerprint density at radius 3 is 3.00 bits per heavy atom. The number of H-pyrrole nitrogens is 1. The van der Waals surface area contributed by atoms with E-state index in [2.05, 4.69) is 20.3 Å². The number of likely N-dealkylation sites (tertiary alicyclic amines) is 1. The van der Waals surface area contributed by atoms with Crippen LogP contribution in [-0.2, 0) is 4.74 Å². The van der Waals surface area contributed by atoms with Crippen molar-refractivity contribution in [1.29, 1.82) is 0 Å². The second kappa shape index (κ2) is 6.81. The van der Waals surface area contributed by atoms with Gasteiger partial charge in [-0.05, 0) is 25.8 Å². The van der Waals surface area contributed by atoms with Gasteiger partial charge in [-0.25, -0.2) is 0 Å². The van der Waals surface area contributed by atoms with Crippen molar-refractivity contribution in [3.05, 3.63) is 11.4 Å². The van der Waals surface area contributed by atoms with E-state index in [1.54, 1.807) is 18.9 Å². The van der Waals surface area contributed by atoms with E-state index >= 15 is 0 Å². The number of carbonyl (C=O) groups excluding carboxylic acids is 1. The van der Waals surface area contributed by atoms with Gasteiger partial charge in [-0.1, -0.05) is 0 Å². The Balaban J connectivity index is 1.82. The van der Waals surface area contributed by atoms with Crippen LogP contribution < -0.4 is 0 Å². The fourth-order valence-electron chi connectivity index (χ4n) is 2.62. The number of rotatable bonds is 6. The zero-order valence-electron chi connectivity index (χ0n) is 12.4. The average Bonchev–Trinajstić information content (AvgIpc) is 3.04. The Bertz CT molecular complexity index is 448. The van der Waals surface area contributed by atoms with Gasteiger partial charge in [0.05, 0.1) is 12.3 Å². The summed E-state index contributed by atoms with van der Waals surface area (Å²) in [5, 5.41) is 10.3. The number of hydrogen-bond acceptors (Lipinski definition) is 5. The molecule has 112 valence electrons. The molecule has 2 rings (SSSR count). The van der Waals surface area contributed by atoms with Crippen LogP contribution in [0.1, 0.15) is 22.6 Å². The number of ether oxygens (including phenoxy) is 1. The van der Waals surface area contributed by atoms with Gasteiger partial charge in [0.15, 0.2) is 5.69 Å². The van der Waals surface area contributed by atoms with Crippen molar-refractivity contribution >= 4 is 5.91 Å². The van der Waals surface area contributed by atoms with Crippen molar-refractivity contribution in [2.24, 2.45) is 5.92 Å². The van der Waals surface area contributed by atoms with Crippen LogP contribution >= 0.6 is 0 Å². The summed E-state index contributed by atoms with van der Waals surface area (Å²) >= 11 is 0. The maximum absolute atomic E-state index is 12.2. The topological polar surface area (TPSA) is 74.3 Å². The molecular weight excluding hydrogens is 258 g/mol. The van der Waals surface area contributed by atoms with Gasteiger partial charge in [0.25, 0.3) is 5.91 Å². The Kier molecular flexibility index (Phi) is 5.08. The van der Waals surface area contributed by atoms with Gasteiger partial charge in [0, 0.05) is 33.8 Å². The molecule has 0 spiro atoms. The number of hydrogen-bond donors (Lipinski definition) is 1. The molecule has 20 heavy (non-hydrogen) atoms. The molecule has 1 unspecified atom stereocenters. The standard InChI is InChI=1S/C13H23N5O2/c1-10-12(15-16-14-10)13(19)17(2)8-11-4-5-18(9-11)6-7-20-3/h11H,4-9H2,1-3H3,(H,14,15,16). The predicted molar refractivity (Wildman–Crippen MR) is 74.5 cm³/mol. The Labute approximate surface area is 119 Å². The van der Waals surface area contributed by atoms with Crippen LogP contribution in [-0.4, -0.2) is 78.1 Å².